The number of piperazine rings is 1. The molecule has 1 aliphatic rings. The third-order valence-corrected chi connectivity index (χ3v) is 10.8. The summed E-state index contributed by atoms with van der Waals surface area (Å²) in [6.07, 6.45) is 50.8. The molecule has 308 valence electrons. The van der Waals surface area contributed by atoms with Crippen LogP contribution in [0.5, 0.6) is 0 Å². The van der Waals surface area contributed by atoms with Gasteiger partial charge in [-0.3, -0.25) is 4.90 Å². The highest BCUT2D eigenvalue weighted by molar-refractivity contribution is 5.46. The first-order valence-electron chi connectivity index (χ1n) is 23.1. The topological polar surface area (TPSA) is 24.9 Å². The molecule has 1 heterocycles. The second-order valence-electron chi connectivity index (χ2n) is 15.7. The Hall–Kier alpha value is -2.14. The standard InChI is InChI=1S/C50H86N2O2/c1-3-5-7-9-11-13-15-17-19-21-23-25-27-29-31-36-46-53-48-50(40-41-51-42-44-52(45-43-51)49-38-34-33-35-39-49)54-47-37-32-30-28-26-24-22-20-18-16-14-12-10-8-6-4-2/h11-14,17-20,33-35,38-39,50H,3-10,15-16,21-32,36-37,40-48H2,1-2H3/b13-11+,14-12+,19-17+,20-18+. The zero-order valence-corrected chi connectivity index (χ0v) is 35.6. The minimum atomic E-state index is 0.208. The van der Waals surface area contributed by atoms with Crippen molar-refractivity contribution in [1.29, 1.82) is 0 Å². The number of allylic oxidation sites excluding steroid dienone is 8. The van der Waals surface area contributed by atoms with Gasteiger partial charge in [-0.15, -0.1) is 0 Å². The molecule has 4 heteroatoms. The van der Waals surface area contributed by atoms with E-state index in [1.165, 1.54) is 147 Å². The molecule has 2 rings (SSSR count). The molecule has 0 spiro atoms. The summed E-state index contributed by atoms with van der Waals surface area (Å²) >= 11 is 0. The molecule has 1 unspecified atom stereocenters. The Kier molecular flexibility index (Phi) is 33.6. The number of unbranched alkanes of at least 4 members (excludes halogenated alkanes) is 18. The molecule has 0 N–H and O–H groups in total. The third kappa shape index (κ3) is 29.2. The number of para-hydroxylation sites is 1. The van der Waals surface area contributed by atoms with Crippen molar-refractivity contribution >= 4 is 5.69 Å². The molecular weight excluding hydrogens is 661 g/mol. The quantitative estimate of drug-likeness (QED) is 0.0500. The van der Waals surface area contributed by atoms with Gasteiger partial charge in [-0.2, -0.15) is 0 Å². The lowest BCUT2D eigenvalue weighted by Gasteiger charge is -2.36. The van der Waals surface area contributed by atoms with Crippen LogP contribution < -0.4 is 4.90 Å². The van der Waals surface area contributed by atoms with Gasteiger partial charge in [-0.25, -0.2) is 0 Å². The SMILES string of the molecule is CCCCC/C=C/C/C=C/CCCCCCCCOCC(CCN1CCN(c2ccccc2)CC1)OCCCCCCCC/C=C/C/C=C/CCCCC. The number of rotatable bonds is 37. The molecule has 0 saturated carbocycles. The van der Waals surface area contributed by atoms with Crippen molar-refractivity contribution < 1.29 is 9.47 Å². The van der Waals surface area contributed by atoms with Gasteiger partial charge in [0.2, 0.25) is 0 Å². The van der Waals surface area contributed by atoms with Gasteiger partial charge in [0.15, 0.2) is 0 Å². The average Bonchev–Trinajstić information content (AvgIpc) is 3.20. The predicted molar refractivity (Wildman–Crippen MR) is 239 cm³/mol. The highest BCUT2D eigenvalue weighted by Gasteiger charge is 2.19. The molecule has 1 atom stereocenters. The average molecular weight is 747 g/mol. The number of benzene rings is 1. The Balaban J connectivity index is 1.53. The second kappa shape index (κ2) is 37.8. The van der Waals surface area contributed by atoms with E-state index < -0.39 is 0 Å². The molecule has 0 radical (unpaired) electrons. The maximum atomic E-state index is 6.49. The van der Waals surface area contributed by atoms with Crippen LogP contribution in [0.3, 0.4) is 0 Å². The van der Waals surface area contributed by atoms with E-state index in [2.05, 4.69) is 103 Å². The number of nitrogens with zero attached hydrogens (tertiary/aromatic N) is 2. The molecule has 1 aromatic rings. The zero-order valence-electron chi connectivity index (χ0n) is 35.6. The summed E-state index contributed by atoms with van der Waals surface area (Å²) in [5.74, 6) is 0. The van der Waals surface area contributed by atoms with Gasteiger partial charge >= 0.3 is 0 Å². The van der Waals surface area contributed by atoms with Crippen LogP contribution in [0.1, 0.15) is 174 Å². The molecule has 0 aliphatic carbocycles. The van der Waals surface area contributed by atoms with Crippen molar-refractivity contribution in [2.24, 2.45) is 0 Å². The summed E-state index contributed by atoms with van der Waals surface area (Å²) in [6, 6.07) is 10.9. The van der Waals surface area contributed by atoms with E-state index in [1.54, 1.807) is 0 Å². The lowest BCUT2D eigenvalue weighted by atomic mass is 10.1. The molecular formula is C50H86N2O2. The fourth-order valence-corrected chi connectivity index (χ4v) is 7.16. The number of anilines is 1. The molecule has 1 aromatic carbocycles. The molecule has 0 aromatic heterocycles. The minimum Gasteiger partial charge on any atom is -0.379 e. The van der Waals surface area contributed by atoms with Crippen molar-refractivity contribution in [3.05, 3.63) is 78.9 Å². The van der Waals surface area contributed by atoms with Gasteiger partial charge in [0, 0.05) is 51.6 Å². The first kappa shape index (κ1) is 48.0. The second-order valence-corrected chi connectivity index (χ2v) is 15.7. The fourth-order valence-electron chi connectivity index (χ4n) is 7.16. The summed E-state index contributed by atoms with van der Waals surface area (Å²) in [4.78, 5) is 5.14. The van der Waals surface area contributed by atoms with E-state index in [1.807, 2.05) is 0 Å². The van der Waals surface area contributed by atoms with Crippen LogP contribution in [0.25, 0.3) is 0 Å². The Morgan fingerprint density at radius 2 is 0.981 bits per heavy atom. The van der Waals surface area contributed by atoms with Crippen LogP contribution in [0, 0.1) is 0 Å². The van der Waals surface area contributed by atoms with E-state index in [0.29, 0.717) is 0 Å². The summed E-state index contributed by atoms with van der Waals surface area (Å²) in [5, 5.41) is 0. The van der Waals surface area contributed by atoms with Crippen molar-refractivity contribution in [2.75, 3.05) is 57.4 Å². The largest absolute Gasteiger partial charge is 0.379 e. The molecule has 1 saturated heterocycles. The van der Waals surface area contributed by atoms with Crippen LogP contribution in [-0.2, 0) is 9.47 Å². The summed E-state index contributed by atoms with van der Waals surface area (Å²) in [7, 11) is 0. The van der Waals surface area contributed by atoms with E-state index in [4.69, 9.17) is 9.47 Å². The molecule has 4 nitrogen and oxygen atoms in total. The lowest BCUT2D eigenvalue weighted by Crippen LogP contribution is -2.47. The van der Waals surface area contributed by atoms with Crippen LogP contribution in [-0.4, -0.2) is 63.5 Å². The van der Waals surface area contributed by atoms with Crippen molar-refractivity contribution in [1.82, 2.24) is 4.90 Å². The highest BCUT2D eigenvalue weighted by atomic mass is 16.5. The number of hydrogen-bond acceptors (Lipinski definition) is 4. The van der Waals surface area contributed by atoms with Crippen LogP contribution in [0.2, 0.25) is 0 Å². The molecule has 0 amide bonds. The van der Waals surface area contributed by atoms with Gasteiger partial charge < -0.3 is 14.4 Å². The van der Waals surface area contributed by atoms with Gasteiger partial charge in [0.25, 0.3) is 0 Å². The third-order valence-electron chi connectivity index (χ3n) is 10.8. The Bertz CT molecular complexity index is 1030. The summed E-state index contributed by atoms with van der Waals surface area (Å²) in [5.41, 5.74) is 1.35. The zero-order chi connectivity index (χ0) is 38.3. The summed E-state index contributed by atoms with van der Waals surface area (Å²) in [6.45, 7) is 12.6. The normalized spacial score (nSPS) is 14.9. The van der Waals surface area contributed by atoms with Crippen LogP contribution >= 0.6 is 0 Å². The Morgan fingerprint density at radius 1 is 0.519 bits per heavy atom. The molecule has 1 fully saturated rings. The van der Waals surface area contributed by atoms with E-state index in [-0.39, 0.29) is 6.10 Å². The van der Waals surface area contributed by atoms with Gasteiger partial charge in [0.1, 0.15) is 0 Å². The number of ether oxygens (including phenoxy) is 2. The van der Waals surface area contributed by atoms with Crippen molar-refractivity contribution in [3.8, 4) is 0 Å². The van der Waals surface area contributed by atoms with Crippen LogP contribution in [0.15, 0.2) is 78.9 Å². The van der Waals surface area contributed by atoms with E-state index in [9.17, 15) is 0 Å². The molecule has 0 bridgehead atoms. The van der Waals surface area contributed by atoms with Gasteiger partial charge in [0.05, 0.1) is 12.7 Å². The van der Waals surface area contributed by atoms with Gasteiger partial charge in [-0.05, 0) is 95.6 Å². The van der Waals surface area contributed by atoms with Crippen molar-refractivity contribution in [3.63, 3.8) is 0 Å². The van der Waals surface area contributed by atoms with E-state index >= 15 is 0 Å². The maximum absolute atomic E-state index is 6.49. The van der Waals surface area contributed by atoms with Crippen LogP contribution in [0.4, 0.5) is 5.69 Å². The summed E-state index contributed by atoms with van der Waals surface area (Å²) < 4.78 is 12.7. The smallest absolute Gasteiger partial charge is 0.0820 e. The molecule has 1 aliphatic heterocycles. The first-order valence-corrected chi connectivity index (χ1v) is 23.1. The van der Waals surface area contributed by atoms with Crippen molar-refractivity contribution in [2.45, 2.75) is 180 Å². The predicted octanol–water partition coefficient (Wildman–Crippen LogP) is 14.2. The minimum absolute atomic E-state index is 0.208. The lowest BCUT2D eigenvalue weighted by molar-refractivity contribution is -0.0264. The van der Waals surface area contributed by atoms with Gasteiger partial charge in [-0.1, -0.05) is 158 Å². The number of hydrogen-bond donors (Lipinski definition) is 0. The molecule has 54 heavy (non-hydrogen) atoms. The Morgan fingerprint density at radius 3 is 1.50 bits per heavy atom. The first-order chi connectivity index (χ1) is 26.8. The monoisotopic (exact) mass is 747 g/mol. The Labute approximate surface area is 335 Å². The highest BCUT2D eigenvalue weighted by Crippen LogP contribution is 2.17. The van der Waals surface area contributed by atoms with E-state index in [0.717, 1.165) is 71.8 Å². The maximum Gasteiger partial charge on any atom is 0.0820 e. The fraction of sp³-hybridized carbons (Fsp3) is 0.720.